The van der Waals surface area contributed by atoms with Crippen LogP contribution >= 0.6 is 27.7 Å². The molecular formula is C17H14BrFN4O2S. The summed E-state index contributed by atoms with van der Waals surface area (Å²) >= 11 is 4.33. The molecule has 0 saturated carbocycles. The quantitative estimate of drug-likeness (QED) is 0.568. The maximum absolute atomic E-state index is 13.7. The zero-order valence-electron chi connectivity index (χ0n) is 13.6. The van der Waals surface area contributed by atoms with E-state index in [1.807, 2.05) is 24.3 Å². The number of benzene rings is 2. The van der Waals surface area contributed by atoms with Crippen molar-refractivity contribution in [2.24, 2.45) is 0 Å². The fraction of sp³-hybridized carbons (Fsp3) is 0.118. The SMILES string of the molecule is COc1ccc(-c2nc(SCC(=O)Nc3ccc(Br)cc3F)n[nH]2)cc1. The molecule has 1 amide bonds. The van der Waals surface area contributed by atoms with Crippen LogP contribution in [-0.2, 0) is 4.79 Å². The first kappa shape index (κ1) is 18.4. The second kappa shape index (κ2) is 8.33. The highest BCUT2D eigenvalue weighted by molar-refractivity contribution is 9.10. The van der Waals surface area contributed by atoms with Gasteiger partial charge in [0.05, 0.1) is 18.6 Å². The Labute approximate surface area is 161 Å². The predicted octanol–water partition coefficient (Wildman–Crippen LogP) is 4.11. The van der Waals surface area contributed by atoms with Crippen molar-refractivity contribution in [2.45, 2.75) is 5.16 Å². The number of aromatic amines is 1. The van der Waals surface area contributed by atoms with Crippen LogP contribution in [0, 0.1) is 5.82 Å². The first-order valence-corrected chi connectivity index (χ1v) is 9.27. The monoisotopic (exact) mass is 436 g/mol. The Kier molecular flexibility index (Phi) is 5.89. The lowest BCUT2D eigenvalue weighted by Gasteiger charge is -2.05. The van der Waals surface area contributed by atoms with Crippen LogP contribution in [-0.4, -0.2) is 34.0 Å². The van der Waals surface area contributed by atoms with Gasteiger partial charge in [-0.3, -0.25) is 9.89 Å². The number of methoxy groups -OCH3 is 1. The van der Waals surface area contributed by atoms with Gasteiger partial charge in [0.15, 0.2) is 5.82 Å². The van der Waals surface area contributed by atoms with Crippen LogP contribution in [0.25, 0.3) is 11.4 Å². The van der Waals surface area contributed by atoms with Gasteiger partial charge in [-0.2, -0.15) is 0 Å². The van der Waals surface area contributed by atoms with Gasteiger partial charge in [0.25, 0.3) is 0 Å². The van der Waals surface area contributed by atoms with Crippen molar-refractivity contribution < 1.29 is 13.9 Å². The van der Waals surface area contributed by atoms with Crippen molar-refractivity contribution in [1.82, 2.24) is 15.2 Å². The minimum Gasteiger partial charge on any atom is -0.497 e. The Hall–Kier alpha value is -2.39. The first-order chi connectivity index (χ1) is 12.5. The number of ether oxygens (including phenoxy) is 1. The summed E-state index contributed by atoms with van der Waals surface area (Å²) in [6.45, 7) is 0. The van der Waals surface area contributed by atoms with Gasteiger partial charge in [-0.1, -0.05) is 27.7 Å². The molecular weight excluding hydrogens is 423 g/mol. The smallest absolute Gasteiger partial charge is 0.234 e. The Morgan fingerprint density at radius 1 is 1.31 bits per heavy atom. The van der Waals surface area contributed by atoms with Gasteiger partial charge in [0, 0.05) is 10.0 Å². The summed E-state index contributed by atoms with van der Waals surface area (Å²) in [5, 5.41) is 9.86. The van der Waals surface area contributed by atoms with Crippen molar-refractivity contribution in [2.75, 3.05) is 18.2 Å². The predicted molar refractivity (Wildman–Crippen MR) is 102 cm³/mol. The van der Waals surface area contributed by atoms with Gasteiger partial charge in [-0.15, -0.1) is 5.10 Å². The molecule has 134 valence electrons. The minimum atomic E-state index is -0.502. The minimum absolute atomic E-state index is 0.0649. The Balaban J connectivity index is 1.58. The molecule has 2 aromatic carbocycles. The van der Waals surface area contributed by atoms with E-state index >= 15 is 0 Å². The average Bonchev–Trinajstić information content (AvgIpc) is 3.11. The number of halogens is 2. The van der Waals surface area contributed by atoms with Crippen LogP contribution in [0.3, 0.4) is 0 Å². The van der Waals surface area contributed by atoms with Crippen LogP contribution < -0.4 is 10.1 Å². The number of hydrogen-bond acceptors (Lipinski definition) is 5. The fourth-order valence-electron chi connectivity index (χ4n) is 2.10. The van der Waals surface area contributed by atoms with Gasteiger partial charge < -0.3 is 10.1 Å². The number of thioether (sulfide) groups is 1. The van der Waals surface area contributed by atoms with E-state index in [1.54, 1.807) is 13.2 Å². The number of aromatic nitrogens is 3. The van der Waals surface area contributed by atoms with Crippen molar-refractivity contribution in [3.05, 3.63) is 52.8 Å². The molecule has 0 radical (unpaired) electrons. The topological polar surface area (TPSA) is 79.9 Å². The molecule has 0 bridgehead atoms. The number of nitrogens with zero attached hydrogens (tertiary/aromatic N) is 2. The average molecular weight is 437 g/mol. The maximum Gasteiger partial charge on any atom is 0.234 e. The molecule has 26 heavy (non-hydrogen) atoms. The van der Waals surface area contributed by atoms with Gasteiger partial charge >= 0.3 is 0 Å². The highest BCUT2D eigenvalue weighted by atomic mass is 79.9. The zero-order valence-corrected chi connectivity index (χ0v) is 16.0. The van der Waals surface area contributed by atoms with Crippen LogP contribution in [0.1, 0.15) is 0 Å². The number of carbonyl (C=O) groups excluding carboxylic acids is 1. The van der Waals surface area contributed by atoms with Crippen LogP contribution in [0.15, 0.2) is 52.1 Å². The molecule has 0 aliphatic carbocycles. The van der Waals surface area contributed by atoms with E-state index < -0.39 is 5.82 Å². The molecule has 0 aliphatic rings. The van der Waals surface area contributed by atoms with Gasteiger partial charge in [0.2, 0.25) is 11.1 Å². The molecule has 0 saturated heterocycles. The summed E-state index contributed by atoms with van der Waals surface area (Å²) in [5.74, 6) is 0.564. The third kappa shape index (κ3) is 4.61. The van der Waals surface area contributed by atoms with E-state index in [1.165, 1.54) is 12.1 Å². The highest BCUT2D eigenvalue weighted by Gasteiger charge is 2.11. The van der Waals surface area contributed by atoms with Crippen LogP contribution in [0.4, 0.5) is 10.1 Å². The number of rotatable bonds is 6. The van der Waals surface area contributed by atoms with Gasteiger partial charge in [0.1, 0.15) is 11.6 Å². The summed E-state index contributed by atoms with van der Waals surface area (Å²) in [6.07, 6.45) is 0. The highest BCUT2D eigenvalue weighted by Crippen LogP contribution is 2.23. The number of H-pyrrole nitrogens is 1. The van der Waals surface area contributed by atoms with E-state index in [2.05, 4.69) is 36.4 Å². The molecule has 6 nitrogen and oxygen atoms in total. The second-order valence-corrected chi connectivity index (χ2v) is 7.01. The molecule has 3 aromatic rings. The lowest BCUT2D eigenvalue weighted by atomic mass is 10.2. The number of hydrogen-bond donors (Lipinski definition) is 2. The van der Waals surface area contributed by atoms with Crippen LogP contribution in [0.2, 0.25) is 0 Å². The largest absolute Gasteiger partial charge is 0.497 e. The second-order valence-electron chi connectivity index (χ2n) is 5.16. The van der Waals surface area contributed by atoms with Gasteiger partial charge in [-0.25, -0.2) is 9.37 Å². The molecule has 0 atom stereocenters. The Bertz CT molecular complexity index is 917. The number of carbonyl (C=O) groups is 1. The standard InChI is InChI=1S/C17H14BrFN4O2S/c1-25-12-5-2-10(3-6-12)16-21-17(23-22-16)26-9-15(24)20-14-7-4-11(18)8-13(14)19/h2-8H,9H2,1H3,(H,20,24)(H,21,22,23). The Morgan fingerprint density at radius 2 is 2.08 bits per heavy atom. The molecule has 1 heterocycles. The Morgan fingerprint density at radius 3 is 2.77 bits per heavy atom. The molecule has 2 N–H and O–H groups in total. The molecule has 0 aliphatic heterocycles. The molecule has 9 heteroatoms. The van der Waals surface area contributed by atoms with Crippen molar-refractivity contribution in [1.29, 1.82) is 0 Å². The molecule has 0 spiro atoms. The fourth-order valence-corrected chi connectivity index (χ4v) is 3.03. The normalized spacial score (nSPS) is 10.6. The molecule has 0 unspecified atom stereocenters. The summed E-state index contributed by atoms with van der Waals surface area (Å²) in [7, 11) is 1.60. The number of anilines is 1. The zero-order chi connectivity index (χ0) is 18.5. The first-order valence-electron chi connectivity index (χ1n) is 7.49. The molecule has 1 aromatic heterocycles. The van der Waals surface area contributed by atoms with Crippen molar-refractivity contribution in [3.8, 4) is 17.1 Å². The summed E-state index contributed by atoms with van der Waals surface area (Å²) in [6, 6.07) is 11.8. The van der Waals surface area contributed by atoms with Crippen LogP contribution in [0.5, 0.6) is 5.75 Å². The van der Waals surface area contributed by atoms with E-state index in [0.717, 1.165) is 23.1 Å². The lowest BCUT2D eigenvalue weighted by Crippen LogP contribution is -2.15. The summed E-state index contributed by atoms with van der Waals surface area (Å²) < 4.78 is 19.4. The maximum atomic E-state index is 13.7. The lowest BCUT2D eigenvalue weighted by molar-refractivity contribution is -0.113. The van der Waals surface area contributed by atoms with E-state index in [4.69, 9.17) is 4.74 Å². The van der Waals surface area contributed by atoms with E-state index in [-0.39, 0.29) is 17.3 Å². The molecule has 3 rings (SSSR count). The molecule has 0 fully saturated rings. The van der Waals surface area contributed by atoms with Crippen molar-refractivity contribution in [3.63, 3.8) is 0 Å². The number of amides is 1. The van der Waals surface area contributed by atoms with E-state index in [9.17, 15) is 9.18 Å². The third-order valence-corrected chi connectivity index (χ3v) is 4.71. The van der Waals surface area contributed by atoms with Gasteiger partial charge in [-0.05, 0) is 42.5 Å². The summed E-state index contributed by atoms with van der Waals surface area (Å²) in [4.78, 5) is 16.3. The van der Waals surface area contributed by atoms with Crippen molar-refractivity contribution >= 4 is 39.3 Å². The third-order valence-electron chi connectivity index (χ3n) is 3.37. The number of nitrogens with one attached hydrogen (secondary N) is 2. The van der Waals surface area contributed by atoms with E-state index in [0.29, 0.717) is 15.5 Å². The summed E-state index contributed by atoms with van der Waals surface area (Å²) in [5.41, 5.74) is 0.985.